The first kappa shape index (κ1) is 18.2. The minimum atomic E-state index is -0.928. The van der Waals surface area contributed by atoms with E-state index in [4.69, 9.17) is 20.8 Å². The summed E-state index contributed by atoms with van der Waals surface area (Å²) in [6.45, 7) is 5.04. The Morgan fingerprint density at radius 2 is 2.04 bits per heavy atom. The van der Waals surface area contributed by atoms with Gasteiger partial charge in [-0.05, 0) is 56.7 Å². The van der Waals surface area contributed by atoms with E-state index >= 15 is 0 Å². The molecule has 4 nitrogen and oxygen atoms in total. The fourth-order valence-electron chi connectivity index (χ4n) is 2.90. The van der Waals surface area contributed by atoms with E-state index in [-0.39, 0.29) is 5.91 Å². The molecule has 0 saturated carbocycles. The average Bonchev–Trinajstić information content (AvgIpc) is 3.01. The highest BCUT2D eigenvalue weighted by Crippen LogP contribution is 2.35. The minimum Gasteiger partial charge on any atom is -0.478 e. The number of hydrogen-bond acceptors (Lipinski definition) is 4. The summed E-state index contributed by atoms with van der Waals surface area (Å²) >= 11 is 7.74. The number of carbonyl (C=O) groups excluding carboxylic acids is 1. The molecule has 1 aliphatic heterocycles. The fourth-order valence-corrected chi connectivity index (χ4v) is 4.20. The number of hydrogen-bond donors (Lipinski definition) is 0. The summed E-state index contributed by atoms with van der Waals surface area (Å²) < 4.78 is 11.5. The summed E-state index contributed by atoms with van der Waals surface area (Å²) in [6, 6.07) is 11.0. The summed E-state index contributed by atoms with van der Waals surface area (Å²) in [7, 11) is 0. The second-order valence-corrected chi connectivity index (χ2v) is 8.27. The Morgan fingerprint density at radius 3 is 2.72 bits per heavy atom. The lowest BCUT2D eigenvalue weighted by atomic mass is 10.1. The Morgan fingerprint density at radius 1 is 1.28 bits per heavy atom. The molecular weight excluding hydrogens is 358 g/mol. The van der Waals surface area contributed by atoms with Crippen LogP contribution in [0.15, 0.2) is 47.1 Å². The quantitative estimate of drug-likeness (QED) is 0.765. The van der Waals surface area contributed by atoms with E-state index in [1.165, 1.54) is 0 Å². The van der Waals surface area contributed by atoms with E-state index in [1.54, 1.807) is 30.5 Å². The molecule has 0 spiro atoms. The molecule has 0 aliphatic carbocycles. The van der Waals surface area contributed by atoms with Gasteiger partial charge in [0.15, 0.2) is 5.60 Å². The Kier molecular flexibility index (Phi) is 5.64. The van der Waals surface area contributed by atoms with E-state index in [9.17, 15) is 4.79 Å². The van der Waals surface area contributed by atoms with Crippen molar-refractivity contribution in [3.8, 4) is 5.75 Å². The van der Waals surface area contributed by atoms with Gasteiger partial charge in [0.2, 0.25) is 0 Å². The van der Waals surface area contributed by atoms with Crippen LogP contribution in [0.1, 0.15) is 31.3 Å². The van der Waals surface area contributed by atoms with Crippen LogP contribution in [0, 0.1) is 0 Å². The maximum Gasteiger partial charge on any atom is 0.266 e. The van der Waals surface area contributed by atoms with E-state index in [0.29, 0.717) is 29.1 Å². The number of rotatable bonds is 4. The third kappa shape index (κ3) is 4.53. The van der Waals surface area contributed by atoms with Crippen molar-refractivity contribution in [1.82, 2.24) is 4.90 Å². The van der Waals surface area contributed by atoms with Crippen LogP contribution in [0.2, 0.25) is 5.02 Å². The van der Waals surface area contributed by atoms with Gasteiger partial charge in [0, 0.05) is 23.9 Å². The van der Waals surface area contributed by atoms with Crippen molar-refractivity contribution >= 4 is 29.3 Å². The third-order valence-corrected chi connectivity index (χ3v) is 5.73. The molecule has 0 N–H and O–H groups in total. The van der Waals surface area contributed by atoms with Gasteiger partial charge in [0.05, 0.1) is 11.5 Å². The molecule has 1 atom stereocenters. The molecule has 1 aromatic heterocycles. The van der Waals surface area contributed by atoms with Crippen molar-refractivity contribution in [3.05, 3.63) is 53.4 Å². The number of nitrogens with zero attached hydrogens (tertiary/aromatic N) is 1. The van der Waals surface area contributed by atoms with E-state index < -0.39 is 5.60 Å². The number of thioether (sulfide) groups is 1. The highest BCUT2D eigenvalue weighted by molar-refractivity contribution is 7.99. The van der Waals surface area contributed by atoms with Gasteiger partial charge in [0.25, 0.3) is 5.91 Å². The first-order valence-electron chi connectivity index (χ1n) is 8.35. The van der Waals surface area contributed by atoms with Gasteiger partial charge in [-0.2, -0.15) is 0 Å². The zero-order valence-corrected chi connectivity index (χ0v) is 16.0. The minimum absolute atomic E-state index is 0.00291. The maximum atomic E-state index is 13.0. The first-order valence-corrected chi connectivity index (χ1v) is 9.77. The molecule has 134 valence electrons. The molecule has 1 saturated heterocycles. The average molecular weight is 380 g/mol. The van der Waals surface area contributed by atoms with Crippen LogP contribution in [0.5, 0.6) is 5.75 Å². The van der Waals surface area contributed by atoms with E-state index in [1.807, 2.05) is 42.6 Å². The lowest BCUT2D eigenvalue weighted by molar-refractivity contribution is -0.145. The summed E-state index contributed by atoms with van der Waals surface area (Å²) in [5, 5.41) is 0.943. The molecule has 1 unspecified atom stereocenters. The lowest BCUT2D eigenvalue weighted by Crippen LogP contribution is -2.49. The summed E-state index contributed by atoms with van der Waals surface area (Å²) in [6.07, 6.45) is 2.58. The smallest absolute Gasteiger partial charge is 0.266 e. The lowest BCUT2D eigenvalue weighted by Gasteiger charge is -2.31. The second-order valence-electron chi connectivity index (χ2n) is 6.52. The van der Waals surface area contributed by atoms with Gasteiger partial charge in [-0.1, -0.05) is 11.6 Å². The Balaban J connectivity index is 1.64. The molecule has 0 bridgehead atoms. The predicted molar refractivity (Wildman–Crippen MR) is 101 cm³/mol. The number of ether oxygens (including phenoxy) is 1. The Bertz CT molecular complexity index is 700. The van der Waals surface area contributed by atoms with Gasteiger partial charge in [-0.15, -0.1) is 11.8 Å². The molecule has 3 rings (SSSR count). The molecule has 1 amide bonds. The number of halogens is 1. The summed E-state index contributed by atoms with van der Waals surface area (Å²) in [4.78, 5) is 14.9. The van der Waals surface area contributed by atoms with Crippen molar-refractivity contribution in [3.63, 3.8) is 0 Å². The van der Waals surface area contributed by atoms with Gasteiger partial charge in [-0.3, -0.25) is 4.79 Å². The molecule has 6 heteroatoms. The first-order chi connectivity index (χ1) is 12.0. The Labute approximate surface area is 157 Å². The Hall–Kier alpha value is -1.59. The molecule has 2 aromatic rings. The fraction of sp³-hybridized carbons (Fsp3) is 0.421. The maximum absolute atomic E-state index is 13.0. The number of carbonyl (C=O) groups is 1. The van der Waals surface area contributed by atoms with Crippen molar-refractivity contribution in [1.29, 1.82) is 0 Å². The van der Waals surface area contributed by atoms with Crippen LogP contribution in [0.3, 0.4) is 0 Å². The normalized spacial score (nSPS) is 18.7. The van der Waals surface area contributed by atoms with Gasteiger partial charge >= 0.3 is 0 Å². The zero-order chi connectivity index (χ0) is 17.9. The zero-order valence-electron chi connectivity index (χ0n) is 14.4. The predicted octanol–water partition coefficient (Wildman–Crippen LogP) is 4.80. The van der Waals surface area contributed by atoms with E-state index in [2.05, 4.69) is 0 Å². The van der Waals surface area contributed by atoms with Crippen LogP contribution < -0.4 is 4.74 Å². The largest absolute Gasteiger partial charge is 0.478 e. The summed E-state index contributed by atoms with van der Waals surface area (Å²) in [5.41, 5.74) is -0.928. The highest BCUT2D eigenvalue weighted by atomic mass is 35.5. The van der Waals surface area contributed by atoms with Crippen LogP contribution in [0.4, 0.5) is 0 Å². The molecule has 0 radical (unpaired) electrons. The summed E-state index contributed by atoms with van der Waals surface area (Å²) in [5.74, 6) is 2.51. The number of benzene rings is 1. The standard InChI is InChI=1S/C19H22ClNO3S/c1-19(2,24-15-7-5-14(20)6-8-15)18(22)21-10-9-17(25-13-11-21)16-4-3-12-23-16/h3-8,12,17H,9-11,13H2,1-2H3. The molecule has 1 aromatic carbocycles. The molecule has 1 aliphatic rings. The number of furan rings is 1. The van der Waals surface area contributed by atoms with Gasteiger partial charge in [-0.25, -0.2) is 0 Å². The van der Waals surface area contributed by atoms with Gasteiger partial charge in [0.1, 0.15) is 11.5 Å². The van der Waals surface area contributed by atoms with Crippen LogP contribution >= 0.6 is 23.4 Å². The van der Waals surface area contributed by atoms with Crippen molar-refractivity contribution in [2.24, 2.45) is 0 Å². The second kappa shape index (κ2) is 7.75. The topological polar surface area (TPSA) is 42.7 Å². The van der Waals surface area contributed by atoms with E-state index in [0.717, 1.165) is 17.9 Å². The molecular formula is C19H22ClNO3S. The van der Waals surface area contributed by atoms with Crippen molar-refractivity contribution < 1.29 is 13.9 Å². The van der Waals surface area contributed by atoms with Crippen LogP contribution in [-0.2, 0) is 4.79 Å². The number of amides is 1. The molecule has 25 heavy (non-hydrogen) atoms. The van der Waals surface area contributed by atoms with Crippen molar-refractivity contribution in [2.75, 3.05) is 18.8 Å². The van der Waals surface area contributed by atoms with Crippen molar-refractivity contribution in [2.45, 2.75) is 31.1 Å². The molecule has 2 heterocycles. The highest BCUT2D eigenvalue weighted by Gasteiger charge is 2.35. The monoisotopic (exact) mass is 379 g/mol. The van der Waals surface area contributed by atoms with Gasteiger partial charge < -0.3 is 14.1 Å². The van der Waals surface area contributed by atoms with Crippen LogP contribution in [-0.4, -0.2) is 35.3 Å². The SMILES string of the molecule is CC(C)(Oc1ccc(Cl)cc1)C(=O)N1CCSC(c2ccco2)CC1. The third-order valence-electron chi connectivity index (χ3n) is 4.19. The van der Waals surface area contributed by atoms with Crippen LogP contribution in [0.25, 0.3) is 0 Å². The molecule has 1 fully saturated rings.